The van der Waals surface area contributed by atoms with Gasteiger partial charge in [0.25, 0.3) is 0 Å². The SMILES string of the molecule is COc1ccc(COc2cc(Cl)ncc2-c2cc(C(F)(F)F)cn2C(=O)OC(C)(C)C)cc1. The first-order chi connectivity index (χ1) is 15.4. The number of hydrogen-bond donors (Lipinski definition) is 0. The van der Waals surface area contributed by atoms with Crippen molar-refractivity contribution in [3.8, 4) is 22.8 Å². The zero-order valence-electron chi connectivity index (χ0n) is 18.4. The van der Waals surface area contributed by atoms with Crippen LogP contribution in [0.3, 0.4) is 0 Å². The van der Waals surface area contributed by atoms with Gasteiger partial charge in [-0.1, -0.05) is 23.7 Å². The lowest BCUT2D eigenvalue weighted by Crippen LogP contribution is -2.27. The summed E-state index contributed by atoms with van der Waals surface area (Å²) in [6.07, 6.45) is -3.71. The molecule has 176 valence electrons. The molecule has 3 aromatic rings. The molecule has 0 N–H and O–H groups in total. The monoisotopic (exact) mass is 482 g/mol. The van der Waals surface area contributed by atoms with Crippen molar-refractivity contribution in [2.45, 2.75) is 39.2 Å². The Kier molecular flexibility index (Phi) is 6.92. The largest absolute Gasteiger partial charge is 0.497 e. The van der Waals surface area contributed by atoms with Crippen LogP contribution in [-0.4, -0.2) is 28.4 Å². The molecule has 0 radical (unpaired) electrons. The second-order valence-electron chi connectivity index (χ2n) is 8.10. The Bertz CT molecular complexity index is 1140. The lowest BCUT2D eigenvalue weighted by molar-refractivity contribution is -0.137. The van der Waals surface area contributed by atoms with E-state index in [1.165, 1.54) is 12.3 Å². The summed E-state index contributed by atoms with van der Waals surface area (Å²) in [5, 5.41) is 0.0786. The highest BCUT2D eigenvalue weighted by molar-refractivity contribution is 6.29. The Labute approximate surface area is 193 Å². The fourth-order valence-corrected chi connectivity index (χ4v) is 3.04. The Morgan fingerprint density at radius 1 is 1.12 bits per heavy atom. The van der Waals surface area contributed by atoms with Crippen LogP contribution in [0.5, 0.6) is 11.5 Å². The van der Waals surface area contributed by atoms with Crippen molar-refractivity contribution in [1.29, 1.82) is 0 Å². The number of ether oxygens (including phenoxy) is 3. The van der Waals surface area contributed by atoms with E-state index in [0.29, 0.717) is 11.9 Å². The molecule has 2 aromatic heterocycles. The molecule has 0 saturated carbocycles. The molecule has 0 saturated heterocycles. The zero-order chi connectivity index (χ0) is 24.4. The molecule has 0 unspecified atom stereocenters. The minimum Gasteiger partial charge on any atom is -0.497 e. The molecule has 2 heterocycles. The van der Waals surface area contributed by atoms with Gasteiger partial charge < -0.3 is 14.2 Å². The Hall–Kier alpha value is -3.20. The van der Waals surface area contributed by atoms with Gasteiger partial charge in [0.15, 0.2) is 0 Å². The Morgan fingerprint density at radius 3 is 2.36 bits per heavy atom. The van der Waals surface area contributed by atoms with Gasteiger partial charge >= 0.3 is 12.3 Å². The van der Waals surface area contributed by atoms with Gasteiger partial charge in [-0.25, -0.2) is 9.78 Å². The molecule has 0 aliphatic rings. The van der Waals surface area contributed by atoms with Crippen LogP contribution in [-0.2, 0) is 17.5 Å². The molecule has 0 bridgehead atoms. The molecule has 0 spiro atoms. The summed E-state index contributed by atoms with van der Waals surface area (Å²) in [6, 6.07) is 9.29. The summed E-state index contributed by atoms with van der Waals surface area (Å²) in [5.74, 6) is 0.823. The standard InChI is InChI=1S/C23H22ClF3N2O4/c1-22(2,3)33-21(30)29-12-15(23(25,26)27)9-18(29)17-11-28-20(24)10-19(17)32-13-14-5-7-16(31-4)8-6-14/h5-12H,13H2,1-4H3. The summed E-state index contributed by atoms with van der Waals surface area (Å²) in [5.41, 5.74) is -1.09. The zero-order valence-corrected chi connectivity index (χ0v) is 19.1. The summed E-state index contributed by atoms with van der Waals surface area (Å²) < 4.78 is 57.4. The molecule has 3 rings (SSSR count). The van der Waals surface area contributed by atoms with Crippen LogP contribution < -0.4 is 9.47 Å². The molecule has 1 aromatic carbocycles. The highest BCUT2D eigenvalue weighted by Crippen LogP contribution is 2.38. The third kappa shape index (κ3) is 6.19. The number of halogens is 4. The maximum atomic E-state index is 13.5. The van der Waals surface area contributed by atoms with Crippen LogP contribution in [0.2, 0.25) is 5.15 Å². The molecule has 0 fully saturated rings. The van der Waals surface area contributed by atoms with Crippen molar-refractivity contribution in [2.75, 3.05) is 7.11 Å². The van der Waals surface area contributed by atoms with Crippen LogP contribution in [0.15, 0.2) is 48.8 Å². The summed E-state index contributed by atoms with van der Waals surface area (Å²) >= 11 is 6.01. The highest BCUT2D eigenvalue weighted by atomic mass is 35.5. The van der Waals surface area contributed by atoms with Gasteiger partial charge in [-0.3, -0.25) is 4.57 Å². The van der Waals surface area contributed by atoms with Crippen LogP contribution in [0.4, 0.5) is 18.0 Å². The number of carbonyl (C=O) groups excluding carboxylic acids is 1. The lowest BCUT2D eigenvalue weighted by atomic mass is 10.1. The van der Waals surface area contributed by atoms with Crippen LogP contribution in [0.1, 0.15) is 31.9 Å². The van der Waals surface area contributed by atoms with Crippen molar-refractivity contribution in [1.82, 2.24) is 9.55 Å². The van der Waals surface area contributed by atoms with Gasteiger partial charge in [0, 0.05) is 18.5 Å². The van der Waals surface area contributed by atoms with Crippen molar-refractivity contribution < 1.29 is 32.2 Å². The minimum absolute atomic E-state index is 0.0786. The molecule has 10 heteroatoms. The lowest BCUT2D eigenvalue weighted by Gasteiger charge is -2.21. The predicted octanol–water partition coefficient (Wildman–Crippen LogP) is 6.59. The summed E-state index contributed by atoms with van der Waals surface area (Å²) in [7, 11) is 1.55. The van der Waals surface area contributed by atoms with E-state index in [4.69, 9.17) is 25.8 Å². The normalized spacial score (nSPS) is 11.9. The first-order valence-electron chi connectivity index (χ1n) is 9.82. The second-order valence-corrected chi connectivity index (χ2v) is 8.49. The number of aromatic nitrogens is 2. The van der Waals surface area contributed by atoms with Crippen LogP contribution >= 0.6 is 11.6 Å². The van der Waals surface area contributed by atoms with Gasteiger partial charge in [-0.2, -0.15) is 13.2 Å². The van der Waals surface area contributed by atoms with Crippen molar-refractivity contribution in [3.63, 3.8) is 0 Å². The molecule has 0 aliphatic heterocycles. The number of rotatable bonds is 5. The smallest absolute Gasteiger partial charge is 0.419 e. The number of carbonyl (C=O) groups is 1. The minimum atomic E-state index is -4.67. The van der Waals surface area contributed by atoms with E-state index in [2.05, 4.69) is 4.98 Å². The van der Waals surface area contributed by atoms with E-state index in [1.807, 2.05) is 0 Å². The van der Waals surface area contributed by atoms with Gasteiger partial charge in [0.2, 0.25) is 0 Å². The van der Waals surface area contributed by atoms with Gasteiger partial charge in [-0.15, -0.1) is 0 Å². The predicted molar refractivity (Wildman–Crippen MR) is 117 cm³/mol. The molecule has 0 atom stereocenters. The first kappa shape index (κ1) is 24.4. The molecule has 0 aliphatic carbocycles. The quantitative estimate of drug-likeness (QED) is 0.384. The number of alkyl halides is 3. The number of pyridine rings is 1. The molecule has 0 amide bonds. The average Bonchev–Trinajstić information content (AvgIpc) is 3.17. The fourth-order valence-electron chi connectivity index (χ4n) is 2.90. The topological polar surface area (TPSA) is 62.6 Å². The van der Waals surface area contributed by atoms with Crippen LogP contribution in [0, 0.1) is 0 Å². The van der Waals surface area contributed by atoms with E-state index >= 15 is 0 Å². The molecule has 6 nitrogen and oxygen atoms in total. The third-order valence-corrected chi connectivity index (χ3v) is 4.61. The second kappa shape index (κ2) is 9.35. The van der Waals surface area contributed by atoms with Crippen LogP contribution in [0.25, 0.3) is 11.3 Å². The number of hydrogen-bond acceptors (Lipinski definition) is 5. The van der Waals surface area contributed by atoms with Crippen molar-refractivity contribution >= 4 is 17.7 Å². The third-order valence-electron chi connectivity index (χ3n) is 4.40. The number of nitrogens with zero attached hydrogens (tertiary/aromatic N) is 2. The van der Waals surface area contributed by atoms with E-state index in [9.17, 15) is 18.0 Å². The Balaban J connectivity index is 2.02. The van der Waals surface area contributed by atoms with Gasteiger partial charge in [-0.05, 0) is 44.5 Å². The van der Waals surface area contributed by atoms with E-state index in [0.717, 1.165) is 16.2 Å². The summed E-state index contributed by atoms with van der Waals surface area (Å²) in [4.78, 5) is 16.6. The fraction of sp³-hybridized carbons (Fsp3) is 0.304. The Morgan fingerprint density at radius 2 is 1.79 bits per heavy atom. The number of benzene rings is 1. The maximum absolute atomic E-state index is 13.5. The number of methoxy groups -OCH3 is 1. The first-order valence-corrected chi connectivity index (χ1v) is 10.2. The van der Waals surface area contributed by atoms with E-state index in [-0.39, 0.29) is 28.8 Å². The average molecular weight is 483 g/mol. The van der Waals surface area contributed by atoms with Crippen molar-refractivity contribution in [3.05, 3.63) is 65.1 Å². The van der Waals surface area contributed by atoms with E-state index in [1.54, 1.807) is 52.1 Å². The summed E-state index contributed by atoms with van der Waals surface area (Å²) in [6.45, 7) is 4.95. The van der Waals surface area contributed by atoms with Gasteiger partial charge in [0.1, 0.15) is 28.9 Å². The van der Waals surface area contributed by atoms with E-state index < -0.39 is 23.4 Å². The molecule has 33 heavy (non-hydrogen) atoms. The molecular formula is C23H22ClF3N2O4. The molecular weight excluding hydrogens is 461 g/mol. The highest BCUT2D eigenvalue weighted by Gasteiger charge is 2.35. The van der Waals surface area contributed by atoms with Crippen molar-refractivity contribution in [2.24, 2.45) is 0 Å². The van der Waals surface area contributed by atoms with Gasteiger partial charge in [0.05, 0.1) is 23.9 Å². The maximum Gasteiger partial charge on any atom is 0.419 e.